The van der Waals surface area contributed by atoms with E-state index in [4.69, 9.17) is 4.98 Å². The topological polar surface area (TPSA) is 42.0 Å². The third-order valence-corrected chi connectivity index (χ3v) is 5.39. The van der Waals surface area contributed by atoms with Gasteiger partial charge in [-0.2, -0.15) is 0 Å². The molecule has 0 aliphatic heterocycles. The lowest BCUT2D eigenvalue weighted by Gasteiger charge is -2.12. The number of hydrogen-bond donors (Lipinski definition) is 1. The zero-order valence-electron chi connectivity index (χ0n) is 16.6. The van der Waals surface area contributed by atoms with Gasteiger partial charge in [0.05, 0.1) is 16.8 Å². The van der Waals surface area contributed by atoms with Crippen LogP contribution >= 0.6 is 0 Å². The quantitative estimate of drug-likeness (QED) is 0.377. The van der Waals surface area contributed by atoms with E-state index in [0.717, 1.165) is 44.2 Å². The van der Waals surface area contributed by atoms with Gasteiger partial charge in [-0.05, 0) is 47.5 Å². The SMILES string of the molecule is Cc1ccccc1-c1cc(C(=O)Nc2ccc3ccccc3c2)c2ccccc2n1. The Labute approximate surface area is 175 Å². The number of para-hydroxylation sites is 1. The van der Waals surface area contributed by atoms with Crippen molar-refractivity contribution in [3.63, 3.8) is 0 Å². The van der Waals surface area contributed by atoms with E-state index < -0.39 is 0 Å². The molecule has 0 saturated heterocycles. The van der Waals surface area contributed by atoms with Crippen LogP contribution in [0.4, 0.5) is 5.69 Å². The molecule has 0 aliphatic rings. The van der Waals surface area contributed by atoms with Crippen LogP contribution in [0.5, 0.6) is 0 Å². The van der Waals surface area contributed by atoms with Crippen molar-refractivity contribution in [1.29, 1.82) is 0 Å². The van der Waals surface area contributed by atoms with E-state index in [1.54, 1.807) is 0 Å². The molecular weight excluding hydrogens is 368 g/mol. The fourth-order valence-electron chi connectivity index (χ4n) is 3.83. The predicted octanol–water partition coefficient (Wildman–Crippen LogP) is 6.62. The standard InChI is InChI=1S/C27H20N2O/c1-18-8-2-5-11-22(18)26-17-24(23-12-6-7-13-25(23)29-26)27(30)28-21-15-14-19-9-3-4-10-20(19)16-21/h2-17H,1H3,(H,28,30). The summed E-state index contributed by atoms with van der Waals surface area (Å²) in [5.74, 6) is -0.140. The lowest BCUT2D eigenvalue weighted by Crippen LogP contribution is -2.13. The number of aryl methyl sites for hydroxylation is 1. The summed E-state index contributed by atoms with van der Waals surface area (Å²) < 4.78 is 0. The fourth-order valence-corrected chi connectivity index (χ4v) is 3.83. The van der Waals surface area contributed by atoms with Crippen LogP contribution < -0.4 is 5.32 Å². The summed E-state index contributed by atoms with van der Waals surface area (Å²) in [6.07, 6.45) is 0. The fraction of sp³-hybridized carbons (Fsp3) is 0.0370. The number of carbonyl (C=O) groups is 1. The normalized spacial score (nSPS) is 11.0. The van der Waals surface area contributed by atoms with Gasteiger partial charge in [-0.15, -0.1) is 0 Å². The molecule has 5 aromatic rings. The molecular formula is C27H20N2O. The summed E-state index contributed by atoms with van der Waals surface area (Å²) in [4.78, 5) is 18.1. The molecule has 3 nitrogen and oxygen atoms in total. The van der Waals surface area contributed by atoms with Crippen LogP contribution in [-0.4, -0.2) is 10.9 Å². The van der Waals surface area contributed by atoms with Gasteiger partial charge in [0.1, 0.15) is 0 Å². The molecule has 5 rings (SSSR count). The van der Waals surface area contributed by atoms with Crippen LogP contribution in [0.3, 0.4) is 0 Å². The average Bonchev–Trinajstić information content (AvgIpc) is 2.78. The molecule has 0 spiro atoms. The van der Waals surface area contributed by atoms with Gasteiger partial charge in [0.15, 0.2) is 0 Å². The Kier molecular flexibility index (Phi) is 4.49. The Balaban J connectivity index is 1.59. The number of anilines is 1. The Bertz CT molecular complexity index is 1400. The second-order valence-corrected chi connectivity index (χ2v) is 7.40. The molecule has 1 N–H and O–H groups in total. The molecule has 0 saturated carbocycles. The van der Waals surface area contributed by atoms with E-state index in [9.17, 15) is 4.79 Å². The highest BCUT2D eigenvalue weighted by Crippen LogP contribution is 2.28. The van der Waals surface area contributed by atoms with Gasteiger partial charge in [0.2, 0.25) is 0 Å². The Hall–Kier alpha value is -3.98. The smallest absolute Gasteiger partial charge is 0.256 e. The highest BCUT2D eigenvalue weighted by molar-refractivity contribution is 6.13. The molecule has 3 heteroatoms. The summed E-state index contributed by atoms with van der Waals surface area (Å²) in [6, 6.07) is 31.8. The first-order valence-corrected chi connectivity index (χ1v) is 9.95. The lowest BCUT2D eigenvalue weighted by atomic mass is 10.0. The van der Waals surface area contributed by atoms with Crippen LogP contribution in [0.2, 0.25) is 0 Å². The largest absolute Gasteiger partial charge is 0.322 e. The maximum Gasteiger partial charge on any atom is 0.256 e. The highest BCUT2D eigenvalue weighted by atomic mass is 16.1. The number of carbonyl (C=O) groups excluding carboxylic acids is 1. The van der Waals surface area contributed by atoms with Gasteiger partial charge in [0, 0.05) is 16.6 Å². The summed E-state index contributed by atoms with van der Waals surface area (Å²) in [5, 5.41) is 6.15. The first-order chi connectivity index (χ1) is 14.7. The van der Waals surface area contributed by atoms with E-state index in [1.165, 1.54) is 0 Å². The molecule has 0 atom stereocenters. The number of nitrogens with one attached hydrogen (secondary N) is 1. The summed E-state index contributed by atoms with van der Waals surface area (Å²) >= 11 is 0. The van der Waals surface area contributed by atoms with Crippen LogP contribution in [-0.2, 0) is 0 Å². The molecule has 1 aromatic heterocycles. The van der Waals surface area contributed by atoms with Crippen molar-refractivity contribution in [2.24, 2.45) is 0 Å². The zero-order chi connectivity index (χ0) is 20.5. The molecule has 0 aliphatic carbocycles. The third-order valence-electron chi connectivity index (χ3n) is 5.39. The van der Waals surface area contributed by atoms with Crippen LogP contribution in [0.25, 0.3) is 32.9 Å². The van der Waals surface area contributed by atoms with Crippen molar-refractivity contribution in [2.75, 3.05) is 5.32 Å². The average molecular weight is 388 g/mol. The first-order valence-electron chi connectivity index (χ1n) is 9.95. The van der Waals surface area contributed by atoms with E-state index in [1.807, 2.05) is 84.9 Å². The van der Waals surface area contributed by atoms with Crippen molar-refractivity contribution in [1.82, 2.24) is 4.98 Å². The van der Waals surface area contributed by atoms with E-state index >= 15 is 0 Å². The molecule has 1 amide bonds. The Morgan fingerprint density at radius 3 is 2.37 bits per heavy atom. The zero-order valence-corrected chi connectivity index (χ0v) is 16.6. The van der Waals surface area contributed by atoms with Crippen molar-refractivity contribution in [2.45, 2.75) is 6.92 Å². The molecule has 30 heavy (non-hydrogen) atoms. The molecule has 0 unspecified atom stereocenters. The number of amides is 1. The number of fused-ring (bicyclic) bond motifs is 2. The van der Waals surface area contributed by atoms with Gasteiger partial charge < -0.3 is 5.32 Å². The molecule has 0 bridgehead atoms. The maximum atomic E-state index is 13.3. The second-order valence-electron chi connectivity index (χ2n) is 7.40. The van der Waals surface area contributed by atoms with Crippen molar-refractivity contribution in [3.05, 3.63) is 108 Å². The third kappa shape index (κ3) is 3.31. The first kappa shape index (κ1) is 18.1. The van der Waals surface area contributed by atoms with Crippen LogP contribution in [0.15, 0.2) is 97.1 Å². The monoisotopic (exact) mass is 388 g/mol. The summed E-state index contributed by atoms with van der Waals surface area (Å²) in [6.45, 7) is 2.06. The predicted molar refractivity (Wildman–Crippen MR) is 124 cm³/mol. The minimum Gasteiger partial charge on any atom is -0.322 e. The Morgan fingerprint density at radius 1 is 0.767 bits per heavy atom. The van der Waals surface area contributed by atoms with Gasteiger partial charge >= 0.3 is 0 Å². The number of hydrogen-bond acceptors (Lipinski definition) is 2. The van der Waals surface area contributed by atoms with Gasteiger partial charge in [-0.25, -0.2) is 4.98 Å². The molecule has 0 radical (unpaired) electrons. The van der Waals surface area contributed by atoms with Gasteiger partial charge in [-0.3, -0.25) is 4.79 Å². The number of rotatable bonds is 3. The molecule has 144 valence electrons. The second kappa shape index (κ2) is 7.45. The van der Waals surface area contributed by atoms with E-state index in [-0.39, 0.29) is 5.91 Å². The number of pyridine rings is 1. The van der Waals surface area contributed by atoms with Crippen molar-refractivity contribution >= 4 is 33.3 Å². The highest BCUT2D eigenvalue weighted by Gasteiger charge is 2.15. The van der Waals surface area contributed by atoms with E-state index in [2.05, 4.69) is 24.4 Å². The Morgan fingerprint density at radius 2 is 1.50 bits per heavy atom. The van der Waals surface area contributed by atoms with Crippen molar-refractivity contribution < 1.29 is 4.79 Å². The number of nitrogens with zero attached hydrogens (tertiary/aromatic N) is 1. The number of benzene rings is 4. The lowest BCUT2D eigenvalue weighted by molar-refractivity contribution is 0.102. The summed E-state index contributed by atoms with van der Waals surface area (Å²) in [7, 11) is 0. The van der Waals surface area contributed by atoms with E-state index in [0.29, 0.717) is 5.56 Å². The van der Waals surface area contributed by atoms with Gasteiger partial charge in [0.25, 0.3) is 5.91 Å². The molecule has 4 aromatic carbocycles. The molecule has 1 heterocycles. The van der Waals surface area contributed by atoms with Crippen molar-refractivity contribution in [3.8, 4) is 11.3 Å². The van der Waals surface area contributed by atoms with Crippen LogP contribution in [0.1, 0.15) is 15.9 Å². The minimum atomic E-state index is -0.140. The van der Waals surface area contributed by atoms with Crippen LogP contribution in [0, 0.1) is 6.92 Å². The van der Waals surface area contributed by atoms with Gasteiger partial charge in [-0.1, -0.05) is 72.8 Å². The summed E-state index contributed by atoms with van der Waals surface area (Å²) in [5.41, 5.74) is 5.16. The minimum absolute atomic E-state index is 0.140. The molecule has 0 fully saturated rings. The maximum absolute atomic E-state index is 13.3. The number of aromatic nitrogens is 1.